The summed E-state index contributed by atoms with van der Waals surface area (Å²) in [6.07, 6.45) is 1.14. The Hall–Kier alpha value is -2.04. The minimum atomic E-state index is -0.738. The Morgan fingerprint density at radius 2 is 1.91 bits per heavy atom. The monoisotopic (exact) mass is 319 g/mol. The predicted molar refractivity (Wildman–Crippen MR) is 88.5 cm³/mol. The van der Waals surface area contributed by atoms with Crippen LogP contribution in [0.15, 0.2) is 24.3 Å². The highest BCUT2D eigenvalue weighted by molar-refractivity contribution is 5.89. The highest BCUT2D eigenvalue weighted by Crippen LogP contribution is 2.49. The van der Waals surface area contributed by atoms with Gasteiger partial charge in [0.05, 0.1) is 12.7 Å². The van der Waals surface area contributed by atoms with Crippen LogP contribution in [0.5, 0.6) is 0 Å². The second-order valence-corrected chi connectivity index (χ2v) is 7.00. The first-order valence-corrected chi connectivity index (χ1v) is 7.92. The molecule has 1 aromatic carbocycles. The summed E-state index contributed by atoms with van der Waals surface area (Å²) < 4.78 is 4.69. The van der Waals surface area contributed by atoms with E-state index in [4.69, 9.17) is 9.84 Å². The van der Waals surface area contributed by atoms with Crippen molar-refractivity contribution in [2.24, 2.45) is 17.3 Å². The molecule has 1 fully saturated rings. The first-order chi connectivity index (χ1) is 10.8. The van der Waals surface area contributed by atoms with E-state index in [0.717, 1.165) is 12.1 Å². The van der Waals surface area contributed by atoms with Crippen LogP contribution in [0.3, 0.4) is 0 Å². The number of carboxylic acids is 1. The molecule has 1 aromatic rings. The van der Waals surface area contributed by atoms with Gasteiger partial charge in [0.2, 0.25) is 0 Å². The quantitative estimate of drug-likeness (QED) is 0.813. The average molecular weight is 319 g/mol. The molecule has 0 amide bonds. The number of carboxylic acid groups (broad SMARTS) is 1. The lowest BCUT2D eigenvalue weighted by molar-refractivity contribution is -0.139. The number of hydrogen-bond acceptors (Lipinski definition) is 4. The Labute approximate surface area is 137 Å². The normalized spacial score (nSPS) is 25.8. The third-order valence-electron chi connectivity index (χ3n) is 5.19. The molecule has 0 spiro atoms. The van der Waals surface area contributed by atoms with E-state index >= 15 is 0 Å². The highest BCUT2D eigenvalue weighted by atomic mass is 16.5. The summed E-state index contributed by atoms with van der Waals surface area (Å²) in [4.78, 5) is 22.6. The second kappa shape index (κ2) is 6.60. The molecule has 0 aromatic heterocycles. The lowest BCUT2D eigenvalue weighted by Crippen LogP contribution is -2.36. The van der Waals surface area contributed by atoms with Crippen molar-refractivity contribution in [3.63, 3.8) is 0 Å². The Bertz CT molecular complexity index is 579. The van der Waals surface area contributed by atoms with Gasteiger partial charge in [-0.2, -0.15) is 0 Å². The standard InChI is InChI=1S/C18H25NO4/c1-11-9-15(18(2,3)14(11)10-16(20)21)19-13-7-5-12(6-8-13)17(22)23-4/h5-8,11,14-15,19H,9-10H2,1-4H3,(H,20,21). The Morgan fingerprint density at radius 1 is 1.30 bits per heavy atom. The number of anilines is 1. The van der Waals surface area contributed by atoms with E-state index in [1.54, 1.807) is 12.1 Å². The first kappa shape index (κ1) is 17.3. The van der Waals surface area contributed by atoms with Crippen molar-refractivity contribution >= 4 is 17.6 Å². The number of carbonyl (C=O) groups is 2. The fraction of sp³-hybridized carbons (Fsp3) is 0.556. The maximum Gasteiger partial charge on any atom is 0.337 e. The lowest BCUT2D eigenvalue weighted by Gasteiger charge is -2.34. The minimum absolute atomic E-state index is 0.112. The van der Waals surface area contributed by atoms with Gasteiger partial charge in [0.15, 0.2) is 0 Å². The number of ether oxygens (including phenoxy) is 1. The predicted octanol–water partition coefficient (Wildman–Crippen LogP) is 3.41. The van der Waals surface area contributed by atoms with Crippen molar-refractivity contribution in [3.05, 3.63) is 29.8 Å². The summed E-state index contributed by atoms with van der Waals surface area (Å²) in [5.74, 6) is -0.592. The zero-order chi connectivity index (χ0) is 17.2. The lowest BCUT2D eigenvalue weighted by atomic mass is 9.75. The number of hydrogen-bond donors (Lipinski definition) is 2. The molecule has 1 aliphatic carbocycles. The zero-order valence-electron chi connectivity index (χ0n) is 14.1. The third-order valence-corrected chi connectivity index (χ3v) is 5.19. The van der Waals surface area contributed by atoms with Gasteiger partial charge in [0.25, 0.3) is 0 Å². The highest BCUT2D eigenvalue weighted by Gasteiger charge is 2.47. The van der Waals surface area contributed by atoms with Crippen LogP contribution < -0.4 is 5.32 Å². The van der Waals surface area contributed by atoms with Gasteiger partial charge in [-0.3, -0.25) is 4.79 Å². The Kier molecular flexibility index (Phi) is 4.97. The molecule has 3 atom stereocenters. The molecule has 0 radical (unpaired) electrons. The molecular formula is C18H25NO4. The van der Waals surface area contributed by atoms with Gasteiger partial charge in [0, 0.05) is 18.2 Å². The number of nitrogens with one attached hydrogen (secondary N) is 1. The summed E-state index contributed by atoms with van der Waals surface area (Å²) in [5.41, 5.74) is 1.33. The molecule has 126 valence electrons. The van der Waals surface area contributed by atoms with Gasteiger partial charge in [-0.15, -0.1) is 0 Å². The van der Waals surface area contributed by atoms with Crippen LogP contribution in [0.2, 0.25) is 0 Å². The minimum Gasteiger partial charge on any atom is -0.481 e. The largest absolute Gasteiger partial charge is 0.481 e. The molecule has 5 nitrogen and oxygen atoms in total. The van der Waals surface area contributed by atoms with Crippen LogP contribution >= 0.6 is 0 Å². The fourth-order valence-electron chi connectivity index (χ4n) is 3.75. The first-order valence-electron chi connectivity index (χ1n) is 7.92. The molecule has 3 unspecified atom stereocenters. The van der Waals surface area contributed by atoms with E-state index in [1.165, 1.54) is 7.11 Å². The molecule has 2 rings (SSSR count). The van der Waals surface area contributed by atoms with Crippen molar-refractivity contribution < 1.29 is 19.4 Å². The van der Waals surface area contributed by atoms with Crippen molar-refractivity contribution in [1.29, 1.82) is 0 Å². The van der Waals surface area contributed by atoms with Crippen LogP contribution in [0.4, 0.5) is 5.69 Å². The fourth-order valence-corrected chi connectivity index (χ4v) is 3.75. The Morgan fingerprint density at radius 3 is 2.43 bits per heavy atom. The molecule has 0 bridgehead atoms. The zero-order valence-corrected chi connectivity index (χ0v) is 14.1. The summed E-state index contributed by atoms with van der Waals surface area (Å²) in [6, 6.07) is 7.38. The molecule has 0 saturated heterocycles. The van der Waals surface area contributed by atoms with E-state index in [1.807, 2.05) is 12.1 Å². The summed E-state index contributed by atoms with van der Waals surface area (Å²) >= 11 is 0. The van der Waals surface area contributed by atoms with Gasteiger partial charge in [0.1, 0.15) is 0 Å². The maximum atomic E-state index is 11.5. The van der Waals surface area contributed by atoms with E-state index in [-0.39, 0.29) is 29.8 Å². The number of esters is 1. The van der Waals surface area contributed by atoms with Gasteiger partial charge in [-0.25, -0.2) is 4.79 Å². The smallest absolute Gasteiger partial charge is 0.337 e. The molecule has 0 aliphatic heterocycles. The number of benzene rings is 1. The number of carbonyl (C=O) groups excluding carboxylic acids is 1. The number of rotatable bonds is 5. The SMILES string of the molecule is COC(=O)c1ccc(NC2CC(C)C(CC(=O)O)C2(C)C)cc1. The molecule has 1 aliphatic rings. The third kappa shape index (κ3) is 3.66. The van der Waals surface area contributed by atoms with Crippen molar-refractivity contribution in [2.45, 2.75) is 39.7 Å². The van der Waals surface area contributed by atoms with Crippen molar-refractivity contribution in [2.75, 3.05) is 12.4 Å². The van der Waals surface area contributed by atoms with Crippen LogP contribution in [0.1, 0.15) is 44.0 Å². The molecule has 23 heavy (non-hydrogen) atoms. The average Bonchev–Trinajstić information content (AvgIpc) is 2.70. The number of aliphatic carboxylic acids is 1. The maximum absolute atomic E-state index is 11.5. The van der Waals surface area contributed by atoms with Gasteiger partial charge in [-0.1, -0.05) is 20.8 Å². The van der Waals surface area contributed by atoms with Crippen LogP contribution in [0.25, 0.3) is 0 Å². The number of methoxy groups -OCH3 is 1. The summed E-state index contributed by atoms with van der Waals surface area (Å²) in [7, 11) is 1.36. The van der Waals surface area contributed by atoms with Crippen LogP contribution in [-0.2, 0) is 9.53 Å². The second-order valence-electron chi connectivity index (χ2n) is 7.00. The van der Waals surface area contributed by atoms with Crippen molar-refractivity contribution in [1.82, 2.24) is 0 Å². The van der Waals surface area contributed by atoms with E-state index in [0.29, 0.717) is 11.5 Å². The van der Waals surface area contributed by atoms with Gasteiger partial charge in [-0.05, 0) is 47.9 Å². The topological polar surface area (TPSA) is 75.6 Å². The van der Waals surface area contributed by atoms with E-state index in [2.05, 4.69) is 26.1 Å². The van der Waals surface area contributed by atoms with Gasteiger partial charge < -0.3 is 15.2 Å². The molecule has 2 N–H and O–H groups in total. The Balaban J connectivity index is 2.11. The van der Waals surface area contributed by atoms with Crippen molar-refractivity contribution in [3.8, 4) is 0 Å². The van der Waals surface area contributed by atoms with E-state index < -0.39 is 5.97 Å². The van der Waals surface area contributed by atoms with Crippen LogP contribution in [-0.4, -0.2) is 30.2 Å². The summed E-state index contributed by atoms with van der Waals surface area (Å²) in [5, 5.41) is 12.6. The van der Waals surface area contributed by atoms with E-state index in [9.17, 15) is 9.59 Å². The molecule has 1 saturated carbocycles. The molecule has 5 heteroatoms. The molecule has 0 heterocycles. The van der Waals surface area contributed by atoms with Gasteiger partial charge >= 0.3 is 11.9 Å². The molecular weight excluding hydrogens is 294 g/mol. The van der Waals surface area contributed by atoms with Crippen LogP contribution in [0, 0.1) is 17.3 Å². The summed E-state index contributed by atoms with van der Waals surface area (Å²) in [6.45, 7) is 6.38.